The van der Waals surface area contributed by atoms with Gasteiger partial charge in [0.15, 0.2) is 5.76 Å². The summed E-state index contributed by atoms with van der Waals surface area (Å²) in [5.74, 6) is -0.903. The van der Waals surface area contributed by atoms with Crippen molar-refractivity contribution in [1.29, 1.82) is 0 Å². The highest BCUT2D eigenvalue weighted by Crippen LogP contribution is 2.25. The predicted octanol–water partition coefficient (Wildman–Crippen LogP) is 0.643. The highest BCUT2D eigenvalue weighted by atomic mass is 16.5. The summed E-state index contributed by atoms with van der Waals surface area (Å²) >= 11 is 0. The van der Waals surface area contributed by atoms with E-state index in [2.05, 4.69) is 5.16 Å². The van der Waals surface area contributed by atoms with Gasteiger partial charge in [0.2, 0.25) is 0 Å². The van der Waals surface area contributed by atoms with Crippen LogP contribution < -0.4 is 0 Å². The molecule has 0 bridgehead atoms. The third kappa shape index (κ3) is 1.70. The molecule has 0 aliphatic carbocycles. The molecule has 13 heavy (non-hydrogen) atoms. The van der Waals surface area contributed by atoms with Gasteiger partial charge in [0, 0.05) is 5.41 Å². The minimum atomic E-state index is -1.10. The Morgan fingerprint density at radius 3 is 2.77 bits per heavy atom. The van der Waals surface area contributed by atoms with Crippen molar-refractivity contribution in [2.45, 2.75) is 19.3 Å². The Labute approximate surface area is 75.0 Å². The number of rotatable bonds is 3. The van der Waals surface area contributed by atoms with E-state index in [-0.39, 0.29) is 17.9 Å². The van der Waals surface area contributed by atoms with E-state index in [9.17, 15) is 4.79 Å². The van der Waals surface area contributed by atoms with Crippen LogP contribution in [-0.2, 0) is 5.41 Å². The fourth-order valence-corrected chi connectivity index (χ4v) is 0.952. The molecular weight excluding hydrogens is 174 g/mol. The van der Waals surface area contributed by atoms with Gasteiger partial charge in [-0.1, -0.05) is 19.0 Å². The third-order valence-electron chi connectivity index (χ3n) is 1.81. The third-order valence-corrected chi connectivity index (χ3v) is 1.81. The van der Waals surface area contributed by atoms with Crippen molar-refractivity contribution >= 4 is 5.97 Å². The maximum atomic E-state index is 10.7. The van der Waals surface area contributed by atoms with E-state index in [4.69, 9.17) is 14.7 Å². The molecule has 2 N–H and O–H groups in total. The first-order chi connectivity index (χ1) is 5.99. The molecule has 5 heteroatoms. The Hall–Kier alpha value is -1.36. The molecule has 0 unspecified atom stereocenters. The van der Waals surface area contributed by atoms with E-state index >= 15 is 0 Å². The normalized spacial score (nSPS) is 11.6. The monoisotopic (exact) mass is 185 g/mol. The van der Waals surface area contributed by atoms with Crippen LogP contribution in [0.2, 0.25) is 0 Å². The molecule has 1 aromatic rings. The maximum absolute atomic E-state index is 10.7. The summed E-state index contributed by atoms with van der Waals surface area (Å²) in [6.45, 7) is 3.17. The summed E-state index contributed by atoms with van der Waals surface area (Å²) < 4.78 is 4.79. The van der Waals surface area contributed by atoms with Crippen LogP contribution in [0.25, 0.3) is 0 Å². The van der Waals surface area contributed by atoms with Crippen molar-refractivity contribution in [3.63, 3.8) is 0 Å². The summed E-state index contributed by atoms with van der Waals surface area (Å²) in [6.07, 6.45) is 1.13. The van der Waals surface area contributed by atoms with Gasteiger partial charge in [-0.2, -0.15) is 0 Å². The van der Waals surface area contributed by atoms with E-state index in [0.717, 1.165) is 6.20 Å². The van der Waals surface area contributed by atoms with Crippen LogP contribution in [-0.4, -0.2) is 27.9 Å². The molecule has 1 aromatic heterocycles. The molecule has 0 saturated heterocycles. The number of aromatic nitrogens is 1. The molecule has 1 heterocycles. The summed E-state index contributed by atoms with van der Waals surface area (Å²) in [6, 6.07) is 0. The fourth-order valence-electron chi connectivity index (χ4n) is 0.952. The molecular formula is C8H11NO4. The Kier molecular flexibility index (Phi) is 2.38. The number of carboxylic acid groups (broad SMARTS) is 1. The smallest absolute Gasteiger partial charge is 0.340 e. The molecule has 72 valence electrons. The Bertz CT molecular complexity index is 316. The number of hydrogen-bond donors (Lipinski definition) is 2. The van der Waals surface area contributed by atoms with Crippen molar-refractivity contribution in [2.75, 3.05) is 6.61 Å². The average molecular weight is 185 g/mol. The molecule has 5 nitrogen and oxygen atoms in total. The van der Waals surface area contributed by atoms with Gasteiger partial charge in [-0.05, 0) is 0 Å². The van der Waals surface area contributed by atoms with Crippen molar-refractivity contribution < 1.29 is 19.5 Å². The average Bonchev–Trinajstić information content (AvgIpc) is 2.52. The Morgan fingerprint density at radius 2 is 2.31 bits per heavy atom. The molecule has 0 radical (unpaired) electrons. The molecule has 0 aliphatic heterocycles. The van der Waals surface area contributed by atoms with Gasteiger partial charge >= 0.3 is 5.97 Å². The first-order valence-corrected chi connectivity index (χ1v) is 3.78. The Morgan fingerprint density at radius 1 is 1.69 bits per heavy atom. The predicted molar refractivity (Wildman–Crippen MR) is 43.6 cm³/mol. The van der Waals surface area contributed by atoms with Gasteiger partial charge < -0.3 is 14.7 Å². The minimum absolute atomic E-state index is 0.000880. The number of carbonyl (C=O) groups is 1. The van der Waals surface area contributed by atoms with Crippen LogP contribution in [0.15, 0.2) is 10.7 Å². The zero-order valence-corrected chi connectivity index (χ0v) is 7.44. The molecule has 1 rings (SSSR count). The van der Waals surface area contributed by atoms with E-state index in [0.29, 0.717) is 0 Å². The topological polar surface area (TPSA) is 83.6 Å². The van der Waals surface area contributed by atoms with Gasteiger partial charge in [-0.25, -0.2) is 4.79 Å². The van der Waals surface area contributed by atoms with Crippen LogP contribution in [0.1, 0.15) is 30.0 Å². The minimum Gasteiger partial charge on any atom is -0.478 e. The van der Waals surface area contributed by atoms with Crippen molar-refractivity contribution in [2.24, 2.45) is 0 Å². The van der Waals surface area contributed by atoms with Crippen LogP contribution in [0, 0.1) is 0 Å². The molecule has 0 atom stereocenters. The number of nitrogens with zero attached hydrogens (tertiary/aromatic N) is 1. The fraction of sp³-hybridized carbons (Fsp3) is 0.500. The zero-order valence-electron chi connectivity index (χ0n) is 7.44. The van der Waals surface area contributed by atoms with E-state index in [1.54, 1.807) is 13.8 Å². The number of carboxylic acids is 1. The zero-order chi connectivity index (χ0) is 10.1. The van der Waals surface area contributed by atoms with Crippen molar-refractivity contribution in [3.05, 3.63) is 17.5 Å². The standard InChI is InChI=1S/C8H11NO4/c1-8(2,4-10)6-5(7(11)12)3-9-13-6/h3,10H,4H2,1-2H3,(H,11,12). The van der Waals surface area contributed by atoms with Crippen LogP contribution in [0.4, 0.5) is 0 Å². The van der Waals surface area contributed by atoms with Crippen molar-refractivity contribution in [3.8, 4) is 0 Å². The van der Waals surface area contributed by atoms with Crippen LogP contribution in [0.3, 0.4) is 0 Å². The molecule has 0 aliphatic rings. The number of aliphatic hydroxyl groups is 1. The lowest BCUT2D eigenvalue weighted by molar-refractivity contribution is 0.0689. The number of aliphatic hydroxyl groups excluding tert-OH is 1. The van der Waals surface area contributed by atoms with Crippen LogP contribution >= 0.6 is 0 Å². The second kappa shape index (κ2) is 3.18. The first kappa shape index (κ1) is 9.73. The van der Waals surface area contributed by atoms with Gasteiger partial charge in [-0.15, -0.1) is 0 Å². The highest BCUT2D eigenvalue weighted by Gasteiger charge is 2.30. The largest absolute Gasteiger partial charge is 0.478 e. The van der Waals surface area contributed by atoms with E-state index in [1.165, 1.54) is 0 Å². The van der Waals surface area contributed by atoms with Crippen LogP contribution in [0.5, 0.6) is 0 Å². The van der Waals surface area contributed by atoms with Gasteiger partial charge in [0.25, 0.3) is 0 Å². The highest BCUT2D eigenvalue weighted by molar-refractivity contribution is 5.88. The van der Waals surface area contributed by atoms with E-state index < -0.39 is 11.4 Å². The van der Waals surface area contributed by atoms with Gasteiger partial charge in [0.05, 0.1) is 12.8 Å². The second-order valence-electron chi connectivity index (χ2n) is 3.42. The lowest BCUT2D eigenvalue weighted by Gasteiger charge is -2.17. The van der Waals surface area contributed by atoms with Gasteiger partial charge in [-0.3, -0.25) is 0 Å². The first-order valence-electron chi connectivity index (χ1n) is 3.78. The maximum Gasteiger partial charge on any atom is 0.340 e. The molecule has 0 spiro atoms. The summed E-state index contributed by atoms with van der Waals surface area (Å²) in [5.41, 5.74) is -0.719. The quantitative estimate of drug-likeness (QED) is 0.722. The number of aromatic carboxylic acids is 1. The molecule has 0 amide bonds. The van der Waals surface area contributed by atoms with Gasteiger partial charge in [0.1, 0.15) is 5.56 Å². The molecule has 0 saturated carbocycles. The van der Waals surface area contributed by atoms with E-state index in [1.807, 2.05) is 0 Å². The lowest BCUT2D eigenvalue weighted by atomic mass is 9.89. The summed E-state index contributed by atoms with van der Waals surface area (Å²) in [4.78, 5) is 10.7. The Balaban J connectivity index is 3.14. The van der Waals surface area contributed by atoms with Crippen molar-refractivity contribution in [1.82, 2.24) is 5.16 Å². The SMILES string of the molecule is CC(C)(CO)c1oncc1C(=O)O. The second-order valence-corrected chi connectivity index (χ2v) is 3.42. The summed E-state index contributed by atoms with van der Waals surface area (Å²) in [5, 5.41) is 21.1. The lowest BCUT2D eigenvalue weighted by Crippen LogP contribution is -2.23. The molecule has 0 aromatic carbocycles. The molecule has 0 fully saturated rings. The number of hydrogen-bond acceptors (Lipinski definition) is 4. The summed E-state index contributed by atoms with van der Waals surface area (Å²) in [7, 11) is 0.